The number of pyridine rings is 2. The number of rotatable bonds is 3. The Hall–Kier alpha value is -2.41. The van der Waals surface area contributed by atoms with Crippen molar-refractivity contribution in [2.24, 2.45) is 10.7 Å². The van der Waals surface area contributed by atoms with Crippen LogP contribution in [0.2, 0.25) is 0 Å². The lowest BCUT2D eigenvalue weighted by Crippen LogP contribution is -2.33. The topological polar surface area (TPSA) is 76.2 Å². The molecule has 0 aliphatic carbocycles. The van der Waals surface area contributed by atoms with Crippen molar-refractivity contribution in [1.82, 2.24) is 15.3 Å². The molecule has 0 bridgehead atoms. The molecule has 0 aromatic carbocycles. The largest absolute Gasteiger partial charge is 0.369 e. The van der Waals surface area contributed by atoms with E-state index in [2.05, 4.69) is 20.3 Å². The van der Waals surface area contributed by atoms with E-state index in [0.717, 1.165) is 29.7 Å². The zero-order valence-electron chi connectivity index (χ0n) is 11.9. The van der Waals surface area contributed by atoms with Crippen LogP contribution >= 0.6 is 0 Å². The van der Waals surface area contributed by atoms with Gasteiger partial charge in [0.2, 0.25) is 0 Å². The van der Waals surface area contributed by atoms with Crippen LogP contribution in [0.15, 0.2) is 41.3 Å². The second-order valence-corrected chi connectivity index (χ2v) is 5.16. The molecule has 3 heterocycles. The van der Waals surface area contributed by atoms with E-state index in [0.29, 0.717) is 12.2 Å². The van der Waals surface area contributed by atoms with Crippen molar-refractivity contribution in [3.05, 3.63) is 47.7 Å². The van der Waals surface area contributed by atoms with Gasteiger partial charge in [-0.2, -0.15) is 8.78 Å². The second-order valence-electron chi connectivity index (χ2n) is 5.16. The van der Waals surface area contributed by atoms with Gasteiger partial charge in [-0.1, -0.05) is 0 Å². The highest BCUT2D eigenvalue weighted by atomic mass is 19.3. The molecule has 0 fully saturated rings. The molecule has 0 saturated heterocycles. The van der Waals surface area contributed by atoms with Gasteiger partial charge in [0.25, 0.3) is 5.92 Å². The number of aliphatic imine (C=N–C) groups is 1. The van der Waals surface area contributed by atoms with Gasteiger partial charge in [0, 0.05) is 31.3 Å². The summed E-state index contributed by atoms with van der Waals surface area (Å²) in [6.07, 6.45) is 4.38. The maximum absolute atomic E-state index is 13.4. The van der Waals surface area contributed by atoms with Crippen LogP contribution in [0, 0.1) is 0 Å². The van der Waals surface area contributed by atoms with Crippen LogP contribution in [0.4, 0.5) is 8.78 Å². The summed E-state index contributed by atoms with van der Waals surface area (Å²) < 4.78 is 26.8. The minimum absolute atomic E-state index is 0.223. The number of allylic oxidation sites excluding steroid dienone is 1. The van der Waals surface area contributed by atoms with Gasteiger partial charge < -0.3 is 11.1 Å². The predicted octanol–water partition coefficient (Wildman–Crippen LogP) is 2.30. The fraction of sp³-hybridized carbons (Fsp3) is 0.267. The number of alkyl halides is 2. The molecule has 22 heavy (non-hydrogen) atoms. The first-order valence-corrected chi connectivity index (χ1v) is 6.81. The number of hydrogen-bond acceptors (Lipinski definition) is 5. The summed E-state index contributed by atoms with van der Waals surface area (Å²) in [5.74, 6) is -2.97. The van der Waals surface area contributed by atoms with E-state index in [4.69, 9.17) is 5.73 Å². The van der Waals surface area contributed by atoms with Gasteiger partial charge in [0.1, 0.15) is 6.04 Å². The summed E-state index contributed by atoms with van der Waals surface area (Å²) in [7, 11) is 0. The molecule has 1 atom stereocenters. The summed E-state index contributed by atoms with van der Waals surface area (Å²) in [6.45, 7) is 1.15. The van der Waals surface area contributed by atoms with Crippen LogP contribution in [0.25, 0.3) is 10.9 Å². The molecule has 5 nitrogen and oxygen atoms in total. The monoisotopic (exact) mass is 303 g/mol. The zero-order chi connectivity index (χ0) is 15.7. The molecule has 1 unspecified atom stereocenters. The van der Waals surface area contributed by atoms with Crippen molar-refractivity contribution in [3.8, 4) is 0 Å². The smallest absolute Gasteiger partial charge is 0.286 e. The standard InChI is InChI=1S/C15H15F2N5/c1-15(16,17)14-8-19-7-13(22-14)11-3-2-9-6-20-10(5-18)4-12(9)21-11/h2-4,6-8,13,22H,5,18H2,1H3. The normalized spacial score (nSPS) is 18.2. The molecule has 2 aromatic heterocycles. The highest BCUT2D eigenvalue weighted by Crippen LogP contribution is 2.26. The molecular formula is C15H15F2N5. The Balaban J connectivity index is 1.94. The number of aromatic nitrogens is 2. The Bertz CT molecular complexity index is 764. The molecule has 0 spiro atoms. The first-order valence-electron chi connectivity index (χ1n) is 6.81. The van der Waals surface area contributed by atoms with E-state index in [1.807, 2.05) is 6.07 Å². The highest BCUT2D eigenvalue weighted by molar-refractivity contribution is 5.79. The maximum Gasteiger partial charge on any atom is 0.286 e. The molecule has 0 saturated carbocycles. The summed E-state index contributed by atoms with van der Waals surface area (Å²) in [6, 6.07) is 4.92. The van der Waals surface area contributed by atoms with Crippen molar-refractivity contribution in [1.29, 1.82) is 0 Å². The first-order chi connectivity index (χ1) is 10.5. The fourth-order valence-corrected chi connectivity index (χ4v) is 2.19. The summed E-state index contributed by atoms with van der Waals surface area (Å²) in [4.78, 5) is 12.6. The predicted molar refractivity (Wildman–Crippen MR) is 80.5 cm³/mol. The van der Waals surface area contributed by atoms with Crippen LogP contribution in [-0.2, 0) is 6.54 Å². The van der Waals surface area contributed by atoms with Crippen LogP contribution in [0.5, 0.6) is 0 Å². The van der Waals surface area contributed by atoms with Crippen molar-refractivity contribution >= 4 is 17.1 Å². The van der Waals surface area contributed by atoms with Crippen LogP contribution in [0.3, 0.4) is 0 Å². The third-order valence-corrected chi connectivity index (χ3v) is 3.40. The summed E-state index contributed by atoms with van der Waals surface area (Å²) in [5.41, 5.74) is 7.41. The molecule has 1 aliphatic rings. The second kappa shape index (κ2) is 5.42. The third-order valence-electron chi connectivity index (χ3n) is 3.40. The van der Waals surface area contributed by atoms with Gasteiger partial charge in [-0.15, -0.1) is 0 Å². The molecule has 7 heteroatoms. The Morgan fingerprint density at radius 3 is 2.91 bits per heavy atom. The molecule has 114 valence electrons. The Labute approximate surface area is 126 Å². The lowest BCUT2D eigenvalue weighted by Gasteiger charge is -2.24. The van der Waals surface area contributed by atoms with Gasteiger partial charge in [-0.05, 0) is 18.2 Å². The number of nitrogens with two attached hydrogens (primary N) is 1. The number of nitrogens with zero attached hydrogens (tertiary/aromatic N) is 3. The quantitative estimate of drug-likeness (QED) is 0.912. The number of hydrogen-bond donors (Lipinski definition) is 2. The SMILES string of the molecule is CC(F)(F)C1=CN=CC(c2ccc3cnc(CN)cc3n2)N1. The van der Waals surface area contributed by atoms with Gasteiger partial charge >= 0.3 is 0 Å². The number of fused-ring (bicyclic) bond motifs is 1. The van der Waals surface area contributed by atoms with Gasteiger partial charge in [0.15, 0.2) is 0 Å². The minimum atomic E-state index is -2.97. The van der Waals surface area contributed by atoms with Crippen molar-refractivity contribution in [2.45, 2.75) is 25.4 Å². The summed E-state index contributed by atoms with van der Waals surface area (Å²) in [5, 5.41) is 3.63. The van der Waals surface area contributed by atoms with E-state index in [1.54, 1.807) is 24.5 Å². The molecule has 2 aromatic rings. The van der Waals surface area contributed by atoms with Gasteiger partial charge in [-0.25, -0.2) is 0 Å². The average Bonchev–Trinajstić information content (AvgIpc) is 2.53. The Kier molecular flexibility index (Phi) is 3.58. The minimum Gasteiger partial charge on any atom is -0.369 e. The summed E-state index contributed by atoms with van der Waals surface area (Å²) >= 11 is 0. The van der Waals surface area contributed by atoms with Gasteiger partial charge in [-0.3, -0.25) is 15.0 Å². The van der Waals surface area contributed by atoms with Crippen LogP contribution in [-0.4, -0.2) is 22.1 Å². The molecule has 0 radical (unpaired) electrons. The molecule has 1 aliphatic heterocycles. The lowest BCUT2D eigenvalue weighted by atomic mass is 10.1. The first kappa shape index (κ1) is 14.5. The van der Waals surface area contributed by atoms with E-state index in [1.165, 1.54) is 0 Å². The van der Waals surface area contributed by atoms with Crippen molar-refractivity contribution < 1.29 is 8.78 Å². The lowest BCUT2D eigenvalue weighted by molar-refractivity contribution is 0.0541. The maximum atomic E-state index is 13.4. The molecule has 0 amide bonds. The third kappa shape index (κ3) is 2.80. The van der Waals surface area contributed by atoms with Crippen molar-refractivity contribution in [3.63, 3.8) is 0 Å². The van der Waals surface area contributed by atoms with Crippen LogP contribution < -0.4 is 11.1 Å². The van der Waals surface area contributed by atoms with Crippen molar-refractivity contribution in [2.75, 3.05) is 0 Å². The van der Waals surface area contributed by atoms with E-state index in [9.17, 15) is 8.78 Å². The zero-order valence-corrected chi connectivity index (χ0v) is 11.9. The van der Waals surface area contributed by atoms with E-state index in [-0.39, 0.29) is 5.70 Å². The Morgan fingerprint density at radius 2 is 2.18 bits per heavy atom. The molecular weight excluding hydrogens is 288 g/mol. The molecule has 3 rings (SSSR count). The highest BCUT2D eigenvalue weighted by Gasteiger charge is 2.31. The average molecular weight is 303 g/mol. The molecule has 3 N–H and O–H groups in total. The van der Waals surface area contributed by atoms with E-state index >= 15 is 0 Å². The van der Waals surface area contributed by atoms with E-state index < -0.39 is 12.0 Å². The van der Waals surface area contributed by atoms with Crippen LogP contribution in [0.1, 0.15) is 24.4 Å². The number of nitrogens with one attached hydrogen (secondary N) is 1. The fourth-order valence-electron chi connectivity index (χ4n) is 2.19. The number of halogens is 2. The Morgan fingerprint density at radius 1 is 1.36 bits per heavy atom. The van der Waals surface area contributed by atoms with Gasteiger partial charge in [0.05, 0.1) is 28.8 Å².